The Bertz CT molecular complexity index is 996. The quantitative estimate of drug-likeness (QED) is 0.425. The average molecular weight is 272 g/mol. The molecule has 0 aliphatic carbocycles. The van der Waals surface area contributed by atoms with E-state index in [1.165, 1.54) is 33.0 Å². The number of carbonyl (C=O) groups is 1. The smallest absolute Gasteiger partial charge is 0.328 e. The van der Waals surface area contributed by atoms with E-state index < -0.39 is 5.97 Å². The molecule has 0 radical (unpaired) electrons. The molecule has 2 nitrogen and oxygen atoms in total. The summed E-state index contributed by atoms with van der Waals surface area (Å²) < 4.78 is 0. The Balaban J connectivity index is 2.18. The predicted molar refractivity (Wildman–Crippen MR) is 86.8 cm³/mol. The molecule has 0 fully saturated rings. The molecule has 0 spiro atoms. The zero-order valence-corrected chi connectivity index (χ0v) is 11.2. The molecule has 0 aliphatic heterocycles. The fourth-order valence-corrected chi connectivity index (χ4v) is 3.06. The van der Waals surface area contributed by atoms with Crippen molar-refractivity contribution in [3.05, 3.63) is 66.2 Å². The fraction of sp³-hybridized carbons (Fsp3) is 0. The molecule has 4 aromatic rings. The normalized spacial score (nSPS) is 12.0. The highest BCUT2D eigenvalue weighted by molar-refractivity contribution is 6.24. The van der Waals surface area contributed by atoms with E-state index in [2.05, 4.69) is 48.5 Å². The summed E-state index contributed by atoms with van der Waals surface area (Å²) in [5.74, 6) is -0.930. The van der Waals surface area contributed by atoms with E-state index in [0.717, 1.165) is 10.9 Å². The molecule has 0 unspecified atom stereocenters. The van der Waals surface area contributed by atoms with Gasteiger partial charge in [-0.25, -0.2) is 4.79 Å². The zero-order chi connectivity index (χ0) is 14.4. The lowest BCUT2D eigenvalue weighted by Gasteiger charge is -2.12. The molecule has 0 amide bonds. The molecule has 0 aromatic heterocycles. The Kier molecular flexibility index (Phi) is 2.45. The van der Waals surface area contributed by atoms with Crippen LogP contribution in [0.25, 0.3) is 38.4 Å². The van der Waals surface area contributed by atoms with Crippen LogP contribution in [0.5, 0.6) is 0 Å². The van der Waals surface area contributed by atoms with Gasteiger partial charge in [0, 0.05) is 6.08 Å². The van der Waals surface area contributed by atoms with Crippen LogP contribution in [0.2, 0.25) is 0 Å². The predicted octanol–water partition coefficient (Wildman–Crippen LogP) is 4.68. The first-order valence-electron chi connectivity index (χ1n) is 6.81. The first kappa shape index (κ1) is 11.9. The van der Waals surface area contributed by atoms with Gasteiger partial charge in [-0.1, -0.05) is 54.6 Å². The number of hydrogen-bond donors (Lipinski definition) is 1. The summed E-state index contributed by atoms with van der Waals surface area (Å²) >= 11 is 0. The van der Waals surface area contributed by atoms with Crippen molar-refractivity contribution in [1.29, 1.82) is 0 Å². The van der Waals surface area contributed by atoms with E-state index in [9.17, 15) is 4.79 Å². The van der Waals surface area contributed by atoms with Crippen molar-refractivity contribution < 1.29 is 9.90 Å². The minimum Gasteiger partial charge on any atom is -0.478 e. The van der Waals surface area contributed by atoms with Crippen LogP contribution in [0.3, 0.4) is 0 Å². The lowest BCUT2D eigenvalue weighted by Crippen LogP contribution is -1.88. The zero-order valence-electron chi connectivity index (χ0n) is 11.2. The molecule has 100 valence electrons. The Morgan fingerprint density at radius 3 is 2.14 bits per heavy atom. The molecule has 0 aliphatic rings. The van der Waals surface area contributed by atoms with E-state index >= 15 is 0 Å². The maximum absolute atomic E-state index is 10.8. The van der Waals surface area contributed by atoms with Gasteiger partial charge in [0.05, 0.1) is 0 Å². The number of hydrogen-bond acceptors (Lipinski definition) is 1. The molecule has 0 bridgehead atoms. The summed E-state index contributed by atoms with van der Waals surface area (Å²) in [6.45, 7) is 0. The van der Waals surface area contributed by atoms with Crippen LogP contribution in [0.1, 0.15) is 5.56 Å². The first-order chi connectivity index (χ1) is 10.2. The Morgan fingerprint density at radius 1 is 0.810 bits per heavy atom. The highest BCUT2D eigenvalue weighted by Gasteiger charge is 2.09. The summed E-state index contributed by atoms with van der Waals surface area (Å²) in [6, 6.07) is 18.7. The number of rotatable bonds is 2. The van der Waals surface area contributed by atoms with Crippen molar-refractivity contribution in [2.24, 2.45) is 0 Å². The summed E-state index contributed by atoms with van der Waals surface area (Å²) in [6.07, 6.45) is 2.85. The number of carboxylic acid groups (broad SMARTS) is 1. The number of aliphatic carboxylic acids is 1. The highest BCUT2D eigenvalue weighted by Crippen LogP contribution is 2.36. The van der Waals surface area contributed by atoms with E-state index in [-0.39, 0.29) is 0 Å². The maximum Gasteiger partial charge on any atom is 0.328 e. The van der Waals surface area contributed by atoms with Crippen molar-refractivity contribution in [2.75, 3.05) is 0 Å². The Hall–Kier alpha value is -2.87. The number of benzene rings is 4. The minimum absolute atomic E-state index is 0.930. The molecule has 21 heavy (non-hydrogen) atoms. The highest BCUT2D eigenvalue weighted by atomic mass is 16.4. The standard InChI is InChI=1S/C19H12O2/c20-17(21)11-9-12-4-5-15-7-6-13-2-1-3-14-8-10-16(12)19(15)18(13)14/h1-11H,(H,20,21). The van der Waals surface area contributed by atoms with Gasteiger partial charge >= 0.3 is 5.97 Å². The van der Waals surface area contributed by atoms with Crippen molar-refractivity contribution in [2.45, 2.75) is 0 Å². The van der Waals surface area contributed by atoms with Gasteiger partial charge in [-0.2, -0.15) is 0 Å². The average Bonchev–Trinajstić information content (AvgIpc) is 2.51. The molecule has 4 aromatic carbocycles. The van der Waals surface area contributed by atoms with E-state index in [1.807, 2.05) is 6.07 Å². The topological polar surface area (TPSA) is 37.3 Å². The van der Waals surface area contributed by atoms with Crippen molar-refractivity contribution in [1.82, 2.24) is 0 Å². The summed E-state index contributed by atoms with van der Waals surface area (Å²) in [4.78, 5) is 10.8. The van der Waals surface area contributed by atoms with Gasteiger partial charge in [0.2, 0.25) is 0 Å². The molecular weight excluding hydrogens is 260 g/mol. The Labute approximate surface area is 121 Å². The Morgan fingerprint density at radius 2 is 1.43 bits per heavy atom. The summed E-state index contributed by atoms with van der Waals surface area (Å²) in [7, 11) is 0. The second-order valence-electron chi connectivity index (χ2n) is 5.18. The van der Waals surface area contributed by atoms with Gasteiger partial charge in [0.1, 0.15) is 0 Å². The minimum atomic E-state index is -0.930. The van der Waals surface area contributed by atoms with Gasteiger partial charge in [0.15, 0.2) is 0 Å². The van der Waals surface area contributed by atoms with Crippen LogP contribution in [-0.2, 0) is 4.79 Å². The third kappa shape index (κ3) is 1.77. The largest absolute Gasteiger partial charge is 0.478 e. The molecule has 2 heteroatoms. The summed E-state index contributed by atoms with van der Waals surface area (Å²) in [5, 5.41) is 16.0. The van der Waals surface area contributed by atoms with Crippen LogP contribution >= 0.6 is 0 Å². The van der Waals surface area contributed by atoms with Crippen LogP contribution in [0, 0.1) is 0 Å². The second kappa shape index (κ2) is 4.32. The molecule has 0 atom stereocenters. The van der Waals surface area contributed by atoms with Crippen LogP contribution in [0.15, 0.2) is 60.7 Å². The monoisotopic (exact) mass is 272 g/mol. The van der Waals surface area contributed by atoms with Gasteiger partial charge in [-0.05, 0) is 44.0 Å². The third-order valence-corrected chi connectivity index (χ3v) is 3.97. The molecule has 1 N–H and O–H groups in total. The second-order valence-corrected chi connectivity index (χ2v) is 5.18. The first-order valence-corrected chi connectivity index (χ1v) is 6.81. The molecule has 4 rings (SSSR count). The lowest BCUT2D eigenvalue weighted by atomic mass is 9.92. The third-order valence-electron chi connectivity index (χ3n) is 3.97. The molecule has 0 saturated carbocycles. The van der Waals surface area contributed by atoms with Gasteiger partial charge < -0.3 is 5.11 Å². The summed E-state index contributed by atoms with van der Waals surface area (Å²) in [5.41, 5.74) is 0.933. The molecule has 0 heterocycles. The van der Waals surface area contributed by atoms with Crippen molar-refractivity contribution in [3.63, 3.8) is 0 Å². The van der Waals surface area contributed by atoms with Gasteiger partial charge in [-0.15, -0.1) is 0 Å². The van der Waals surface area contributed by atoms with E-state index in [0.29, 0.717) is 0 Å². The fourth-order valence-electron chi connectivity index (χ4n) is 3.06. The van der Waals surface area contributed by atoms with Crippen molar-refractivity contribution >= 4 is 44.4 Å². The molecular formula is C19H12O2. The SMILES string of the molecule is O=C(O)C=Cc1ccc2ccc3cccc4ccc1c2c34. The van der Waals surface area contributed by atoms with Crippen LogP contribution in [0.4, 0.5) is 0 Å². The van der Waals surface area contributed by atoms with Crippen LogP contribution in [-0.4, -0.2) is 11.1 Å². The van der Waals surface area contributed by atoms with Gasteiger partial charge in [0.25, 0.3) is 0 Å². The van der Waals surface area contributed by atoms with E-state index in [4.69, 9.17) is 5.11 Å². The lowest BCUT2D eigenvalue weighted by molar-refractivity contribution is -0.131. The van der Waals surface area contributed by atoms with Crippen molar-refractivity contribution in [3.8, 4) is 0 Å². The van der Waals surface area contributed by atoms with Gasteiger partial charge in [-0.3, -0.25) is 0 Å². The van der Waals surface area contributed by atoms with E-state index in [1.54, 1.807) is 6.08 Å². The van der Waals surface area contributed by atoms with Crippen LogP contribution < -0.4 is 0 Å². The number of carboxylic acids is 1. The molecule has 0 saturated heterocycles. The maximum atomic E-state index is 10.8.